The van der Waals surface area contributed by atoms with Gasteiger partial charge in [0.15, 0.2) is 11.6 Å². The van der Waals surface area contributed by atoms with Gasteiger partial charge in [-0.1, -0.05) is 77.9 Å². The Morgan fingerprint density at radius 1 is 0.978 bits per heavy atom. The van der Waals surface area contributed by atoms with Crippen molar-refractivity contribution in [3.05, 3.63) is 147 Å². The molecule has 0 saturated carbocycles. The fourth-order valence-electron chi connectivity index (χ4n) is 5.16. The molecule has 1 amide bonds. The van der Waals surface area contributed by atoms with E-state index in [2.05, 4.69) is 20.9 Å². The van der Waals surface area contributed by atoms with Gasteiger partial charge in [-0.3, -0.25) is 10.2 Å². The highest BCUT2D eigenvalue weighted by molar-refractivity contribution is 6.01. The zero-order valence-corrected chi connectivity index (χ0v) is 24.5. The van der Waals surface area contributed by atoms with E-state index in [9.17, 15) is 9.18 Å². The van der Waals surface area contributed by atoms with E-state index in [0.29, 0.717) is 29.9 Å². The molecule has 4 aromatic rings. The number of aliphatic imine (C=N–C) groups is 1. The van der Waals surface area contributed by atoms with E-state index >= 15 is 0 Å². The fraction of sp³-hybridized carbons (Fsp3) is 0.235. The number of hydrogen-bond donors (Lipinski definition) is 3. The summed E-state index contributed by atoms with van der Waals surface area (Å²) in [4.78, 5) is 22.3. The molecule has 4 aromatic carbocycles. The number of rotatable bonds is 14. The quantitative estimate of drug-likeness (QED) is 0.0552. The summed E-state index contributed by atoms with van der Waals surface area (Å²) in [7, 11) is 0. The Morgan fingerprint density at radius 3 is 2.38 bits per heavy atom. The van der Waals surface area contributed by atoms with Gasteiger partial charge in [-0.2, -0.15) is 0 Å². The molecule has 0 saturated heterocycles. The van der Waals surface area contributed by atoms with Crippen molar-refractivity contribution in [3.8, 4) is 5.75 Å². The lowest BCUT2D eigenvalue weighted by Crippen LogP contribution is -2.53. The van der Waals surface area contributed by atoms with Gasteiger partial charge < -0.3 is 14.6 Å². The lowest BCUT2D eigenvalue weighted by atomic mass is 9.81. The van der Waals surface area contributed by atoms with Crippen LogP contribution in [0.4, 0.5) is 4.39 Å². The Labute approximate surface area is 260 Å². The average Bonchev–Trinajstić information content (AvgIpc) is 3.46. The molecule has 0 spiro atoms. The van der Waals surface area contributed by atoms with Crippen LogP contribution in [0.2, 0.25) is 0 Å². The summed E-state index contributed by atoms with van der Waals surface area (Å²) >= 11 is 0. The number of hydrazine groups is 1. The largest absolute Gasteiger partial charge is 0.494 e. The van der Waals surface area contributed by atoms with Crippen molar-refractivity contribution >= 4 is 11.8 Å². The molecular weight excluding hydrogens is 575 g/mol. The van der Waals surface area contributed by atoms with Crippen molar-refractivity contribution in [2.45, 2.75) is 37.6 Å². The molecule has 1 aliphatic rings. The first-order valence-corrected chi connectivity index (χ1v) is 14.5. The Morgan fingerprint density at radius 2 is 1.67 bits per heavy atom. The normalized spacial score (nSPS) is 17.1. The van der Waals surface area contributed by atoms with E-state index in [1.165, 1.54) is 6.07 Å². The summed E-state index contributed by atoms with van der Waals surface area (Å²) < 4.78 is 26.5. The molecule has 1 heterocycles. The molecule has 0 aromatic heterocycles. The second kappa shape index (κ2) is 15.0. The number of azide groups is 1. The Kier molecular flexibility index (Phi) is 10.4. The molecule has 230 valence electrons. The molecule has 10 nitrogen and oxygen atoms in total. The predicted octanol–water partition coefficient (Wildman–Crippen LogP) is 5.72. The second-order valence-corrected chi connectivity index (χ2v) is 10.4. The molecule has 0 aliphatic carbocycles. The number of nitrogens with one attached hydrogen (secondary N) is 2. The monoisotopic (exact) mass is 608 g/mol. The van der Waals surface area contributed by atoms with Gasteiger partial charge in [-0.25, -0.2) is 14.8 Å². The van der Waals surface area contributed by atoms with E-state index in [4.69, 9.17) is 25.1 Å². The summed E-state index contributed by atoms with van der Waals surface area (Å²) in [6.45, 7) is 0.560. The summed E-state index contributed by atoms with van der Waals surface area (Å²) in [6.07, 6.45) is -0.208. The molecule has 45 heavy (non-hydrogen) atoms. The molecule has 0 fully saturated rings. The van der Waals surface area contributed by atoms with Gasteiger partial charge in [0.1, 0.15) is 11.6 Å². The maximum Gasteiger partial charge on any atom is 0.266 e. The van der Waals surface area contributed by atoms with Gasteiger partial charge in [0.05, 0.1) is 13.2 Å². The number of halogens is 1. The minimum Gasteiger partial charge on any atom is -0.494 e. The van der Waals surface area contributed by atoms with E-state index in [0.717, 1.165) is 16.7 Å². The summed E-state index contributed by atoms with van der Waals surface area (Å²) in [5.74, 6) is 0.0166. The number of amides is 1. The van der Waals surface area contributed by atoms with Crippen LogP contribution in [0.5, 0.6) is 5.75 Å². The van der Waals surface area contributed by atoms with Crippen molar-refractivity contribution < 1.29 is 23.8 Å². The number of aliphatic hydroxyl groups is 1. The molecule has 0 unspecified atom stereocenters. The van der Waals surface area contributed by atoms with Gasteiger partial charge in [-0.15, -0.1) is 0 Å². The molecule has 5 rings (SSSR count). The van der Waals surface area contributed by atoms with Crippen LogP contribution >= 0.6 is 0 Å². The van der Waals surface area contributed by atoms with Crippen LogP contribution in [0.3, 0.4) is 0 Å². The van der Waals surface area contributed by atoms with Crippen LogP contribution in [-0.2, 0) is 29.0 Å². The molecule has 0 radical (unpaired) electrons. The molecule has 1 aliphatic heterocycles. The van der Waals surface area contributed by atoms with Gasteiger partial charge in [0.25, 0.3) is 5.91 Å². The third-order valence-corrected chi connectivity index (χ3v) is 7.45. The van der Waals surface area contributed by atoms with Crippen molar-refractivity contribution in [2.24, 2.45) is 10.1 Å². The van der Waals surface area contributed by atoms with E-state index in [1.54, 1.807) is 42.5 Å². The number of nitrogens with zero attached hydrogens (tertiary/aromatic N) is 4. The Hall–Kier alpha value is -5.22. The minimum atomic E-state index is -1.51. The standard InChI is InChI=1S/C34H33FN6O4/c35-30-14-7-6-13-28(30)23-37-40-33(43)34(21-26-11-4-5-12-27(26)22-38-41-36)31(24-9-2-1-3-10-24)45-32(39-34)25-15-17-29(18-16-25)44-20-8-19-42/h1-7,9-18,31,37,42H,8,19-23H2,(H,40,43)/t31-,34-/m0/s1. The zero-order valence-electron chi connectivity index (χ0n) is 24.5. The van der Waals surface area contributed by atoms with E-state index < -0.39 is 23.4 Å². The van der Waals surface area contributed by atoms with Crippen molar-refractivity contribution in [1.29, 1.82) is 0 Å². The maximum atomic E-state index is 14.4. The average molecular weight is 609 g/mol. The second-order valence-electron chi connectivity index (χ2n) is 10.4. The first-order valence-electron chi connectivity index (χ1n) is 14.5. The zero-order chi connectivity index (χ0) is 31.5. The van der Waals surface area contributed by atoms with Crippen LogP contribution in [0.15, 0.2) is 113 Å². The predicted molar refractivity (Wildman–Crippen MR) is 168 cm³/mol. The van der Waals surface area contributed by atoms with Crippen molar-refractivity contribution in [1.82, 2.24) is 10.9 Å². The maximum absolute atomic E-state index is 14.4. The van der Waals surface area contributed by atoms with Gasteiger partial charge >= 0.3 is 0 Å². The first-order chi connectivity index (χ1) is 22.0. The number of carbonyl (C=O) groups excluding carboxylic acids is 1. The van der Waals surface area contributed by atoms with E-state index in [1.807, 2.05) is 54.6 Å². The number of ether oxygens (including phenoxy) is 2. The van der Waals surface area contributed by atoms with Crippen LogP contribution in [0, 0.1) is 5.82 Å². The minimum absolute atomic E-state index is 0.0366. The van der Waals surface area contributed by atoms with Crippen LogP contribution in [0.25, 0.3) is 10.4 Å². The van der Waals surface area contributed by atoms with Crippen LogP contribution in [-0.4, -0.2) is 35.7 Å². The summed E-state index contributed by atoms with van der Waals surface area (Å²) in [5, 5.41) is 12.8. The lowest BCUT2D eigenvalue weighted by Gasteiger charge is -2.31. The molecule has 0 bridgehead atoms. The summed E-state index contributed by atoms with van der Waals surface area (Å²) in [6, 6.07) is 30.2. The van der Waals surface area contributed by atoms with Crippen LogP contribution in [0.1, 0.15) is 40.3 Å². The van der Waals surface area contributed by atoms with Crippen molar-refractivity contribution in [3.63, 3.8) is 0 Å². The Bertz CT molecular complexity index is 1680. The summed E-state index contributed by atoms with van der Waals surface area (Å²) in [5.41, 5.74) is 16.4. The first kappa shape index (κ1) is 31.2. The lowest BCUT2D eigenvalue weighted by molar-refractivity contribution is -0.130. The number of aliphatic hydroxyl groups excluding tert-OH is 1. The van der Waals surface area contributed by atoms with Crippen LogP contribution < -0.4 is 15.6 Å². The van der Waals surface area contributed by atoms with E-state index in [-0.39, 0.29) is 32.0 Å². The highest BCUT2D eigenvalue weighted by Crippen LogP contribution is 2.43. The van der Waals surface area contributed by atoms with Gasteiger partial charge in [0, 0.05) is 42.0 Å². The smallest absolute Gasteiger partial charge is 0.266 e. The molecular formula is C34H33FN6O4. The van der Waals surface area contributed by atoms with Crippen molar-refractivity contribution in [2.75, 3.05) is 13.2 Å². The molecule has 2 atom stereocenters. The molecule has 11 heteroatoms. The van der Waals surface area contributed by atoms with Gasteiger partial charge in [0.2, 0.25) is 5.90 Å². The Balaban J connectivity index is 1.54. The van der Waals surface area contributed by atoms with Gasteiger partial charge in [-0.05, 0) is 52.6 Å². The SMILES string of the molecule is [N-]=[N+]=NCc1ccccc1C[C@]1(C(=O)NNCc2ccccc2F)N=C(c2ccc(OCCCO)cc2)O[C@H]1c1ccccc1. The highest BCUT2D eigenvalue weighted by Gasteiger charge is 2.53. The topological polar surface area (TPSA) is 141 Å². The number of benzene rings is 4. The molecule has 3 N–H and O–H groups in total. The number of carbonyl (C=O) groups is 1. The fourth-order valence-corrected chi connectivity index (χ4v) is 5.16. The highest BCUT2D eigenvalue weighted by atomic mass is 19.1. The third kappa shape index (κ3) is 7.47. The third-order valence-electron chi connectivity index (χ3n) is 7.45. The number of hydrogen-bond acceptors (Lipinski definition) is 7.